The molecule has 4 aromatic carbocycles. The maximum Gasteiger partial charge on any atom is 0.186 e. The first kappa shape index (κ1) is 19.4. The van der Waals surface area contributed by atoms with E-state index >= 15 is 0 Å². The van der Waals surface area contributed by atoms with Crippen LogP contribution in [0.5, 0.6) is 11.5 Å². The molecule has 0 bridgehead atoms. The monoisotopic (exact) mass is 410 g/mol. The molecule has 1 aliphatic carbocycles. The average Bonchev–Trinajstić information content (AvgIpc) is 3.12. The Balaban J connectivity index is 1.80. The van der Waals surface area contributed by atoms with Crippen LogP contribution in [0.2, 0.25) is 0 Å². The van der Waals surface area contributed by atoms with Crippen molar-refractivity contribution in [1.29, 1.82) is 0 Å². The molecule has 4 nitrogen and oxygen atoms in total. The molecule has 4 aromatic rings. The van der Waals surface area contributed by atoms with E-state index in [4.69, 9.17) is 19.7 Å². The lowest BCUT2D eigenvalue weighted by atomic mass is 9.68. The van der Waals surface area contributed by atoms with Crippen LogP contribution in [-0.4, -0.2) is 23.8 Å². The Labute approximate surface area is 181 Å². The molecule has 0 fully saturated rings. The summed E-state index contributed by atoms with van der Waals surface area (Å²) < 4.78 is 10.5. The minimum absolute atomic E-state index is 0.359. The molecule has 0 radical (unpaired) electrons. The fourth-order valence-electron chi connectivity index (χ4n) is 4.78. The number of hydrogen-bond acceptors (Lipinski definition) is 4. The zero-order valence-corrected chi connectivity index (χ0v) is 16.9. The molecule has 0 aliphatic heterocycles. The van der Waals surface area contributed by atoms with Gasteiger partial charge in [0.25, 0.3) is 0 Å². The van der Waals surface area contributed by atoms with E-state index in [0.29, 0.717) is 11.5 Å². The Morgan fingerprint density at radius 1 is 0.516 bits per heavy atom. The molecule has 5 rings (SSSR count). The van der Waals surface area contributed by atoms with Crippen LogP contribution in [0.25, 0.3) is 11.1 Å². The third kappa shape index (κ3) is 3.00. The lowest BCUT2D eigenvalue weighted by Gasteiger charge is -2.34. The zero-order chi connectivity index (χ0) is 21.3. The van der Waals surface area contributed by atoms with Gasteiger partial charge in [0.05, 0.1) is 5.41 Å². The molecule has 0 spiro atoms. The van der Waals surface area contributed by atoms with Gasteiger partial charge in [0.2, 0.25) is 0 Å². The van der Waals surface area contributed by atoms with Crippen molar-refractivity contribution in [2.45, 2.75) is 5.41 Å². The summed E-state index contributed by atoms with van der Waals surface area (Å²) in [6.07, 6.45) is 0. The molecule has 0 amide bonds. The predicted molar refractivity (Wildman–Crippen MR) is 119 cm³/mol. The molecule has 1 aliphatic rings. The van der Waals surface area contributed by atoms with Gasteiger partial charge in [0.1, 0.15) is 11.5 Å². The van der Waals surface area contributed by atoms with Gasteiger partial charge >= 0.3 is 0 Å². The molecule has 0 aromatic heterocycles. The van der Waals surface area contributed by atoms with Gasteiger partial charge in [-0.25, -0.2) is 0 Å². The van der Waals surface area contributed by atoms with Crippen LogP contribution in [0.15, 0.2) is 97.1 Å². The summed E-state index contributed by atoms with van der Waals surface area (Å²) in [4.78, 5) is 0. The van der Waals surface area contributed by atoms with Crippen molar-refractivity contribution in [3.05, 3.63) is 119 Å². The molecule has 154 valence electrons. The lowest BCUT2D eigenvalue weighted by Crippen LogP contribution is -2.28. The SMILES string of the molecule is OCOc1ccc(C2(c3ccc(OCO)cc3)c3ccccc3-c3ccccc32)cc1. The van der Waals surface area contributed by atoms with Crippen molar-refractivity contribution in [2.24, 2.45) is 0 Å². The first-order valence-corrected chi connectivity index (χ1v) is 10.2. The van der Waals surface area contributed by atoms with Gasteiger partial charge in [0.15, 0.2) is 13.6 Å². The number of rotatable bonds is 6. The van der Waals surface area contributed by atoms with E-state index in [0.717, 1.165) is 11.1 Å². The molecule has 0 heterocycles. The Bertz CT molecular complexity index is 1100. The van der Waals surface area contributed by atoms with Crippen molar-refractivity contribution >= 4 is 0 Å². The van der Waals surface area contributed by atoms with Crippen LogP contribution < -0.4 is 9.47 Å². The zero-order valence-electron chi connectivity index (χ0n) is 16.9. The number of ether oxygens (including phenoxy) is 2. The van der Waals surface area contributed by atoms with Crippen LogP contribution >= 0.6 is 0 Å². The minimum Gasteiger partial charge on any atom is -0.468 e. The third-order valence-electron chi connectivity index (χ3n) is 5.99. The normalized spacial score (nSPS) is 13.4. The molecule has 0 saturated carbocycles. The summed E-state index contributed by atoms with van der Waals surface area (Å²) in [5, 5.41) is 18.2. The van der Waals surface area contributed by atoms with Gasteiger partial charge in [0, 0.05) is 0 Å². The van der Waals surface area contributed by atoms with Gasteiger partial charge in [-0.05, 0) is 57.6 Å². The molecule has 0 atom stereocenters. The van der Waals surface area contributed by atoms with E-state index in [1.807, 2.05) is 24.3 Å². The van der Waals surface area contributed by atoms with Gasteiger partial charge in [-0.1, -0.05) is 72.8 Å². The van der Waals surface area contributed by atoms with Crippen molar-refractivity contribution < 1.29 is 19.7 Å². The number of aliphatic hydroxyl groups is 2. The maximum absolute atomic E-state index is 9.11. The van der Waals surface area contributed by atoms with Gasteiger partial charge < -0.3 is 19.7 Å². The van der Waals surface area contributed by atoms with Crippen LogP contribution in [0, 0.1) is 0 Å². The lowest BCUT2D eigenvalue weighted by molar-refractivity contribution is 0.0981. The van der Waals surface area contributed by atoms with Gasteiger partial charge in [-0.2, -0.15) is 0 Å². The second kappa shape index (κ2) is 7.91. The van der Waals surface area contributed by atoms with E-state index in [2.05, 4.69) is 72.8 Å². The summed E-state index contributed by atoms with van der Waals surface area (Å²) in [6, 6.07) is 32.8. The number of hydrogen-bond donors (Lipinski definition) is 2. The molecule has 2 N–H and O–H groups in total. The van der Waals surface area contributed by atoms with Gasteiger partial charge in [-0.3, -0.25) is 0 Å². The molecule has 4 heteroatoms. The second-order valence-electron chi connectivity index (χ2n) is 7.44. The topological polar surface area (TPSA) is 58.9 Å². The molecule has 0 saturated heterocycles. The maximum atomic E-state index is 9.11. The minimum atomic E-state index is -0.511. The molecule has 31 heavy (non-hydrogen) atoms. The van der Waals surface area contributed by atoms with Crippen LogP contribution in [-0.2, 0) is 5.41 Å². The van der Waals surface area contributed by atoms with E-state index in [1.165, 1.54) is 22.3 Å². The van der Waals surface area contributed by atoms with Gasteiger partial charge in [-0.15, -0.1) is 0 Å². The first-order chi connectivity index (χ1) is 15.3. The largest absolute Gasteiger partial charge is 0.468 e. The summed E-state index contributed by atoms with van der Waals surface area (Å²) in [6.45, 7) is -0.717. The molecule has 0 unspecified atom stereocenters. The third-order valence-corrected chi connectivity index (χ3v) is 5.99. The van der Waals surface area contributed by atoms with E-state index < -0.39 is 5.41 Å². The van der Waals surface area contributed by atoms with Crippen molar-refractivity contribution in [2.75, 3.05) is 13.6 Å². The van der Waals surface area contributed by atoms with Crippen molar-refractivity contribution in [3.63, 3.8) is 0 Å². The predicted octanol–water partition coefficient (Wildman–Crippen LogP) is 4.71. The van der Waals surface area contributed by atoms with Crippen LogP contribution in [0.4, 0.5) is 0 Å². The summed E-state index contributed by atoms with van der Waals surface area (Å²) in [7, 11) is 0. The van der Waals surface area contributed by atoms with Crippen molar-refractivity contribution in [3.8, 4) is 22.6 Å². The second-order valence-corrected chi connectivity index (χ2v) is 7.44. The highest BCUT2D eigenvalue weighted by Gasteiger charge is 2.45. The fourth-order valence-corrected chi connectivity index (χ4v) is 4.78. The first-order valence-electron chi connectivity index (χ1n) is 10.2. The number of benzene rings is 4. The summed E-state index contributed by atoms with van der Waals surface area (Å²) in [5.74, 6) is 1.24. The summed E-state index contributed by atoms with van der Waals surface area (Å²) >= 11 is 0. The highest BCUT2D eigenvalue weighted by molar-refractivity contribution is 5.86. The Kier molecular flexibility index (Phi) is 4.94. The Hall–Kier alpha value is -3.60. The smallest absolute Gasteiger partial charge is 0.186 e. The van der Waals surface area contributed by atoms with E-state index in [9.17, 15) is 0 Å². The number of fused-ring (bicyclic) bond motifs is 3. The Morgan fingerprint density at radius 2 is 0.903 bits per heavy atom. The highest BCUT2D eigenvalue weighted by Crippen LogP contribution is 2.56. The van der Waals surface area contributed by atoms with E-state index in [-0.39, 0.29) is 13.6 Å². The standard InChI is InChI=1S/C27H22O4/c28-17-30-21-13-9-19(10-14-21)27(20-11-15-22(16-12-20)31-18-29)25-7-3-1-5-23(25)24-6-2-4-8-26(24)27/h1-16,28-29H,17-18H2. The highest BCUT2D eigenvalue weighted by atomic mass is 16.6. The van der Waals surface area contributed by atoms with Crippen molar-refractivity contribution in [1.82, 2.24) is 0 Å². The van der Waals surface area contributed by atoms with Crippen LogP contribution in [0.3, 0.4) is 0 Å². The van der Waals surface area contributed by atoms with E-state index in [1.54, 1.807) is 0 Å². The average molecular weight is 410 g/mol. The summed E-state index contributed by atoms with van der Waals surface area (Å²) in [5.41, 5.74) is 6.54. The Morgan fingerprint density at radius 3 is 1.29 bits per heavy atom. The fraction of sp³-hybridized carbons (Fsp3) is 0.111. The number of aliphatic hydroxyl groups excluding tert-OH is 2. The van der Waals surface area contributed by atoms with Crippen LogP contribution in [0.1, 0.15) is 22.3 Å². The molecular weight excluding hydrogens is 388 g/mol. The quantitative estimate of drug-likeness (QED) is 0.398. The molecular formula is C27H22O4.